The average molecular weight is 311 g/mol. The summed E-state index contributed by atoms with van der Waals surface area (Å²) < 4.78 is 11.4. The van der Waals surface area contributed by atoms with Crippen molar-refractivity contribution in [2.24, 2.45) is 0 Å². The molecule has 0 unspecified atom stereocenters. The van der Waals surface area contributed by atoms with E-state index in [1.807, 2.05) is 6.92 Å². The Kier molecular flexibility index (Phi) is 3.46. The largest absolute Gasteiger partial charge is 0.362 e. The van der Waals surface area contributed by atoms with E-state index in [2.05, 4.69) is 26.1 Å². The van der Waals surface area contributed by atoms with Gasteiger partial charge in [-0.25, -0.2) is 4.98 Å². The van der Waals surface area contributed by atoms with Gasteiger partial charge in [0.25, 0.3) is 5.89 Å². The van der Waals surface area contributed by atoms with E-state index in [0.29, 0.717) is 36.3 Å². The van der Waals surface area contributed by atoms with E-state index in [1.54, 1.807) is 18.3 Å². The van der Waals surface area contributed by atoms with Crippen molar-refractivity contribution in [3.8, 4) is 6.07 Å². The quantitative estimate of drug-likeness (QED) is 0.858. The van der Waals surface area contributed by atoms with Gasteiger partial charge in [0, 0.05) is 18.7 Å². The third kappa shape index (κ3) is 2.78. The summed E-state index contributed by atoms with van der Waals surface area (Å²) in [7, 11) is 0. The molecular weight excluding hydrogens is 294 g/mol. The van der Waals surface area contributed by atoms with Crippen molar-refractivity contribution in [1.29, 1.82) is 5.26 Å². The molecule has 0 radical (unpaired) electrons. The molecule has 2 fully saturated rings. The Hall–Kier alpha value is -2.46. The Morgan fingerprint density at radius 1 is 1.35 bits per heavy atom. The zero-order chi connectivity index (χ0) is 15.8. The van der Waals surface area contributed by atoms with Crippen LogP contribution in [0.4, 0.5) is 5.82 Å². The van der Waals surface area contributed by atoms with Gasteiger partial charge in [-0.05, 0) is 31.9 Å². The van der Waals surface area contributed by atoms with Crippen molar-refractivity contribution in [3.63, 3.8) is 0 Å². The normalized spacial score (nSPS) is 24.4. The smallest absolute Gasteiger partial charge is 0.257 e. The summed E-state index contributed by atoms with van der Waals surface area (Å²) in [5.74, 6) is 2.42. The Labute approximate surface area is 133 Å². The highest BCUT2D eigenvalue weighted by atomic mass is 16.5. The van der Waals surface area contributed by atoms with Crippen LogP contribution in [0.5, 0.6) is 0 Å². The summed E-state index contributed by atoms with van der Waals surface area (Å²) in [4.78, 5) is 10.9. The predicted octanol–water partition coefficient (Wildman–Crippen LogP) is 2.18. The molecule has 1 saturated heterocycles. The number of anilines is 1. The van der Waals surface area contributed by atoms with Gasteiger partial charge >= 0.3 is 0 Å². The Balaban J connectivity index is 1.58. The van der Waals surface area contributed by atoms with Crippen molar-refractivity contribution in [1.82, 2.24) is 15.1 Å². The van der Waals surface area contributed by atoms with Crippen molar-refractivity contribution in [2.45, 2.75) is 37.9 Å². The maximum Gasteiger partial charge on any atom is 0.257 e. The minimum atomic E-state index is -0.299. The van der Waals surface area contributed by atoms with E-state index in [9.17, 15) is 5.26 Å². The number of pyridine rings is 1. The molecule has 1 aliphatic heterocycles. The van der Waals surface area contributed by atoms with Gasteiger partial charge in [0.2, 0.25) is 0 Å². The second-order valence-electron chi connectivity index (χ2n) is 6.09. The minimum Gasteiger partial charge on any atom is -0.362 e. The number of ether oxygens (including phenoxy) is 1. The molecule has 0 aromatic carbocycles. The van der Waals surface area contributed by atoms with E-state index in [4.69, 9.17) is 9.26 Å². The highest BCUT2D eigenvalue weighted by Gasteiger charge is 2.34. The van der Waals surface area contributed by atoms with Gasteiger partial charge in [-0.3, -0.25) is 0 Å². The molecular formula is C16H17N5O2. The molecule has 2 aromatic rings. The van der Waals surface area contributed by atoms with E-state index in [-0.39, 0.29) is 12.2 Å². The zero-order valence-electron chi connectivity index (χ0n) is 12.8. The molecule has 0 spiro atoms. The van der Waals surface area contributed by atoms with Gasteiger partial charge in [-0.2, -0.15) is 10.2 Å². The van der Waals surface area contributed by atoms with Gasteiger partial charge in [0.1, 0.15) is 11.9 Å². The molecule has 3 heterocycles. The Morgan fingerprint density at radius 2 is 2.22 bits per heavy atom. The first-order valence-corrected chi connectivity index (χ1v) is 7.83. The lowest BCUT2D eigenvalue weighted by Crippen LogP contribution is -2.43. The first-order valence-electron chi connectivity index (χ1n) is 7.83. The first kappa shape index (κ1) is 14.2. The molecule has 0 amide bonds. The summed E-state index contributed by atoms with van der Waals surface area (Å²) in [6.45, 7) is 3.21. The maximum absolute atomic E-state index is 9.28. The molecule has 2 atom stereocenters. The van der Waals surface area contributed by atoms with Gasteiger partial charge in [-0.1, -0.05) is 5.16 Å². The zero-order valence-corrected chi connectivity index (χ0v) is 12.8. The molecule has 0 bridgehead atoms. The van der Waals surface area contributed by atoms with Crippen LogP contribution in [-0.2, 0) is 4.74 Å². The van der Waals surface area contributed by atoms with Crippen LogP contribution >= 0.6 is 0 Å². The van der Waals surface area contributed by atoms with E-state index >= 15 is 0 Å². The minimum absolute atomic E-state index is 0.0152. The van der Waals surface area contributed by atoms with Gasteiger partial charge < -0.3 is 14.2 Å². The number of hydrogen-bond donors (Lipinski definition) is 0. The van der Waals surface area contributed by atoms with Crippen molar-refractivity contribution < 1.29 is 9.26 Å². The predicted molar refractivity (Wildman–Crippen MR) is 80.7 cm³/mol. The summed E-state index contributed by atoms with van der Waals surface area (Å²) in [6, 6.07) is 5.73. The third-order valence-corrected chi connectivity index (χ3v) is 4.14. The molecule has 7 nitrogen and oxygen atoms in total. The fraction of sp³-hybridized carbons (Fsp3) is 0.500. The second-order valence-corrected chi connectivity index (χ2v) is 6.09. The fourth-order valence-electron chi connectivity index (χ4n) is 2.88. The summed E-state index contributed by atoms with van der Waals surface area (Å²) >= 11 is 0. The van der Waals surface area contributed by atoms with Crippen LogP contribution in [0.15, 0.2) is 22.9 Å². The molecule has 4 rings (SSSR count). The third-order valence-electron chi connectivity index (χ3n) is 4.14. The fourth-order valence-corrected chi connectivity index (χ4v) is 2.88. The SMILES string of the molecule is C[C@@H]1CN(c2ncccc2C#N)C[C@H](c2nc(C3CC3)no2)O1. The molecule has 7 heteroatoms. The van der Waals surface area contributed by atoms with Crippen LogP contribution in [0.3, 0.4) is 0 Å². The van der Waals surface area contributed by atoms with Gasteiger partial charge in [-0.15, -0.1) is 0 Å². The molecule has 118 valence electrons. The molecule has 2 aliphatic rings. The lowest BCUT2D eigenvalue weighted by molar-refractivity contribution is -0.0333. The Bertz CT molecular complexity index is 749. The number of rotatable bonds is 3. The summed E-state index contributed by atoms with van der Waals surface area (Å²) in [5.41, 5.74) is 0.560. The van der Waals surface area contributed by atoms with E-state index < -0.39 is 0 Å². The summed E-state index contributed by atoms with van der Waals surface area (Å²) in [6.07, 6.45) is 3.65. The first-order chi connectivity index (χ1) is 11.2. The topological polar surface area (TPSA) is 88.1 Å². The van der Waals surface area contributed by atoms with Crippen LogP contribution in [0.1, 0.15) is 49.1 Å². The van der Waals surface area contributed by atoms with E-state index in [1.165, 1.54) is 0 Å². The van der Waals surface area contributed by atoms with Crippen LogP contribution in [-0.4, -0.2) is 34.3 Å². The summed E-state index contributed by atoms with van der Waals surface area (Å²) in [5, 5.41) is 13.3. The molecule has 0 N–H and O–H groups in total. The van der Waals surface area contributed by atoms with Crippen LogP contribution in [0.2, 0.25) is 0 Å². The van der Waals surface area contributed by atoms with Crippen LogP contribution in [0, 0.1) is 11.3 Å². The molecule has 1 aliphatic carbocycles. The van der Waals surface area contributed by atoms with Crippen molar-refractivity contribution in [2.75, 3.05) is 18.0 Å². The lowest BCUT2D eigenvalue weighted by Gasteiger charge is -2.36. The highest BCUT2D eigenvalue weighted by molar-refractivity contribution is 5.53. The van der Waals surface area contributed by atoms with Crippen molar-refractivity contribution in [3.05, 3.63) is 35.6 Å². The number of nitriles is 1. The molecule has 1 saturated carbocycles. The number of morpholine rings is 1. The van der Waals surface area contributed by atoms with Gasteiger partial charge in [0.05, 0.1) is 18.2 Å². The Morgan fingerprint density at radius 3 is 3.00 bits per heavy atom. The number of hydrogen-bond acceptors (Lipinski definition) is 7. The lowest BCUT2D eigenvalue weighted by atomic mass is 10.2. The number of aromatic nitrogens is 3. The van der Waals surface area contributed by atoms with Crippen LogP contribution < -0.4 is 4.90 Å². The van der Waals surface area contributed by atoms with Gasteiger partial charge in [0.15, 0.2) is 11.9 Å². The highest BCUT2D eigenvalue weighted by Crippen LogP contribution is 2.39. The van der Waals surface area contributed by atoms with Crippen molar-refractivity contribution >= 4 is 5.82 Å². The van der Waals surface area contributed by atoms with Crippen LogP contribution in [0.25, 0.3) is 0 Å². The molecule has 23 heavy (non-hydrogen) atoms. The number of nitrogens with zero attached hydrogens (tertiary/aromatic N) is 5. The standard InChI is InChI=1S/C16H17N5O2/c1-10-8-21(15-12(7-17)3-2-6-18-15)9-13(22-10)16-19-14(20-23-16)11-4-5-11/h2-3,6,10-11,13H,4-5,8-9H2,1H3/t10-,13-/m1/s1. The maximum atomic E-state index is 9.28. The monoisotopic (exact) mass is 311 g/mol. The van der Waals surface area contributed by atoms with E-state index in [0.717, 1.165) is 18.7 Å². The molecule has 2 aromatic heterocycles. The second kappa shape index (κ2) is 5.63. The average Bonchev–Trinajstić information content (AvgIpc) is 3.31.